The van der Waals surface area contributed by atoms with E-state index in [-0.39, 0.29) is 19.1 Å². The summed E-state index contributed by atoms with van der Waals surface area (Å²) in [6.45, 7) is 1.82. The van der Waals surface area contributed by atoms with Gasteiger partial charge >= 0.3 is 5.97 Å². The summed E-state index contributed by atoms with van der Waals surface area (Å²) in [5.74, 6) is -1.44. The molecule has 0 heterocycles. The van der Waals surface area contributed by atoms with Crippen molar-refractivity contribution in [3.05, 3.63) is 0 Å². The fourth-order valence-electron chi connectivity index (χ4n) is 3.35. The number of hydrogen-bond acceptors (Lipinski definition) is 4. The molecule has 0 aliphatic carbocycles. The predicted octanol–water partition coefficient (Wildman–Crippen LogP) is 4.27. The summed E-state index contributed by atoms with van der Waals surface area (Å²) < 4.78 is 0. The Morgan fingerprint density at radius 1 is 0.731 bits per heavy atom. The maximum absolute atomic E-state index is 11.1. The smallest absolute Gasteiger partial charge is 0.306 e. The first-order valence-corrected chi connectivity index (χ1v) is 10.7. The van der Waals surface area contributed by atoms with Gasteiger partial charge in [-0.2, -0.15) is 0 Å². The molecule has 0 saturated carbocycles. The van der Waals surface area contributed by atoms with Crippen LogP contribution in [0.3, 0.4) is 0 Å². The van der Waals surface area contributed by atoms with Crippen LogP contribution in [0.25, 0.3) is 0 Å². The van der Waals surface area contributed by atoms with Crippen molar-refractivity contribution in [3.63, 3.8) is 0 Å². The Kier molecular flexibility index (Phi) is 17.3. The molecule has 0 aliphatic rings. The molecule has 0 radical (unpaired) electrons. The monoisotopic (exact) mass is 374 g/mol. The highest BCUT2D eigenvalue weighted by molar-refractivity contribution is 5.69. The number of aliphatic hydroxyl groups excluding tert-OH is 3. The van der Waals surface area contributed by atoms with Gasteiger partial charge in [0, 0.05) is 0 Å². The van der Waals surface area contributed by atoms with E-state index in [1.807, 2.05) is 0 Å². The lowest BCUT2D eigenvalue weighted by atomic mass is 9.94. The van der Waals surface area contributed by atoms with Crippen molar-refractivity contribution >= 4 is 5.97 Å². The maximum Gasteiger partial charge on any atom is 0.306 e. The minimum Gasteiger partial charge on any atom is -0.481 e. The van der Waals surface area contributed by atoms with E-state index in [0.717, 1.165) is 57.8 Å². The molecule has 0 aliphatic heterocycles. The average Bonchev–Trinajstić information content (AvgIpc) is 2.62. The quantitative estimate of drug-likeness (QED) is 0.253. The summed E-state index contributed by atoms with van der Waals surface area (Å²) in [6.07, 6.45) is 13.9. The first-order chi connectivity index (χ1) is 12.5. The number of carboxylic acids is 1. The Labute approximate surface area is 159 Å². The van der Waals surface area contributed by atoms with Crippen molar-refractivity contribution < 1.29 is 25.2 Å². The molecule has 0 aromatic rings. The van der Waals surface area contributed by atoms with Crippen molar-refractivity contribution in [2.45, 2.75) is 115 Å². The van der Waals surface area contributed by atoms with Gasteiger partial charge in [0.2, 0.25) is 0 Å². The second kappa shape index (κ2) is 17.7. The zero-order chi connectivity index (χ0) is 19.6. The van der Waals surface area contributed by atoms with Crippen molar-refractivity contribution in [2.24, 2.45) is 5.92 Å². The van der Waals surface area contributed by atoms with Crippen LogP contribution in [0.2, 0.25) is 0 Å². The Morgan fingerprint density at radius 3 is 1.65 bits per heavy atom. The predicted molar refractivity (Wildman–Crippen MR) is 105 cm³/mol. The fraction of sp³-hybridized carbons (Fsp3) is 0.952. The van der Waals surface area contributed by atoms with E-state index in [0.29, 0.717) is 6.42 Å². The Hall–Kier alpha value is -0.650. The van der Waals surface area contributed by atoms with Crippen LogP contribution < -0.4 is 0 Å². The van der Waals surface area contributed by atoms with Gasteiger partial charge < -0.3 is 20.4 Å². The lowest BCUT2D eigenvalue weighted by Crippen LogP contribution is -2.23. The topological polar surface area (TPSA) is 98.0 Å². The molecule has 0 bridgehead atoms. The summed E-state index contributed by atoms with van der Waals surface area (Å²) in [5.41, 5.74) is 0. The molecule has 5 heteroatoms. The first kappa shape index (κ1) is 25.4. The summed E-state index contributed by atoms with van der Waals surface area (Å²) in [6, 6.07) is 0. The number of rotatable bonds is 19. The Balaban J connectivity index is 3.48. The summed E-state index contributed by atoms with van der Waals surface area (Å²) in [7, 11) is 0. The minimum absolute atomic E-state index is 0.130. The van der Waals surface area contributed by atoms with Crippen molar-refractivity contribution in [1.82, 2.24) is 0 Å². The number of aliphatic hydroxyl groups is 3. The number of carbonyl (C=O) groups is 1. The van der Waals surface area contributed by atoms with Crippen LogP contribution >= 0.6 is 0 Å². The third kappa shape index (κ3) is 15.6. The van der Waals surface area contributed by atoms with Gasteiger partial charge in [-0.05, 0) is 25.7 Å². The Bertz CT molecular complexity index is 322. The zero-order valence-electron chi connectivity index (χ0n) is 16.7. The van der Waals surface area contributed by atoms with Crippen LogP contribution in [0.4, 0.5) is 0 Å². The van der Waals surface area contributed by atoms with Gasteiger partial charge in [0.1, 0.15) is 0 Å². The molecule has 26 heavy (non-hydrogen) atoms. The number of carboxylic acid groups (broad SMARTS) is 1. The largest absolute Gasteiger partial charge is 0.481 e. The number of unbranched alkanes of at least 4 members (excludes halogenated alkanes) is 9. The zero-order valence-corrected chi connectivity index (χ0v) is 16.7. The van der Waals surface area contributed by atoms with Gasteiger partial charge in [-0.15, -0.1) is 0 Å². The highest BCUT2D eigenvalue weighted by Crippen LogP contribution is 2.18. The van der Waals surface area contributed by atoms with E-state index in [1.165, 1.54) is 25.7 Å². The maximum atomic E-state index is 11.1. The highest BCUT2D eigenvalue weighted by Gasteiger charge is 2.20. The van der Waals surface area contributed by atoms with E-state index in [9.17, 15) is 15.0 Å². The molecule has 0 aromatic heterocycles. The summed E-state index contributed by atoms with van der Waals surface area (Å²) >= 11 is 0. The Morgan fingerprint density at radius 2 is 1.19 bits per heavy atom. The third-order valence-electron chi connectivity index (χ3n) is 5.10. The van der Waals surface area contributed by atoms with Gasteiger partial charge in [0.25, 0.3) is 0 Å². The molecule has 0 rings (SSSR count). The molecular formula is C21H42O5. The van der Waals surface area contributed by atoms with Gasteiger partial charge in [-0.25, -0.2) is 0 Å². The third-order valence-corrected chi connectivity index (χ3v) is 5.10. The molecule has 0 saturated heterocycles. The normalized spacial score (nSPS) is 14.9. The molecule has 156 valence electrons. The van der Waals surface area contributed by atoms with Gasteiger partial charge in [0.05, 0.1) is 24.7 Å². The van der Waals surface area contributed by atoms with E-state index < -0.39 is 18.0 Å². The van der Waals surface area contributed by atoms with Gasteiger partial charge in [-0.3, -0.25) is 4.79 Å². The van der Waals surface area contributed by atoms with Crippen LogP contribution in [-0.4, -0.2) is 45.2 Å². The molecule has 0 aromatic carbocycles. The van der Waals surface area contributed by atoms with Crippen LogP contribution in [0, 0.1) is 5.92 Å². The van der Waals surface area contributed by atoms with Crippen molar-refractivity contribution in [3.8, 4) is 0 Å². The van der Waals surface area contributed by atoms with Gasteiger partial charge in [0.15, 0.2) is 0 Å². The second-order valence-corrected chi connectivity index (χ2v) is 7.66. The van der Waals surface area contributed by atoms with Crippen LogP contribution in [0.1, 0.15) is 103 Å². The van der Waals surface area contributed by atoms with Crippen LogP contribution in [-0.2, 0) is 4.79 Å². The first-order valence-electron chi connectivity index (χ1n) is 10.7. The molecule has 0 fully saturated rings. The van der Waals surface area contributed by atoms with Crippen molar-refractivity contribution in [2.75, 3.05) is 6.61 Å². The summed E-state index contributed by atoms with van der Waals surface area (Å²) in [5, 5.41) is 37.2. The molecule has 5 nitrogen and oxygen atoms in total. The molecule has 3 atom stereocenters. The molecule has 0 spiro atoms. The molecule has 4 N–H and O–H groups in total. The van der Waals surface area contributed by atoms with E-state index in [2.05, 4.69) is 6.92 Å². The van der Waals surface area contributed by atoms with Crippen LogP contribution in [0.5, 0.6) is 0 Å². The lowest BCUT2D eigenvalue weighted by molar-refractivity contribution is -0.143. The standard InChI is InChI=1S/C21H42O5/c1-2-3-4-11-14-19(23)15-12-9-7-5-6-8-10-13-18(21(25)26)16-20(24)17-22/h18-20,22-24H,2-17H2,1H3,(H,25,26). The van der Waals surface area contributed by atoms with E-state index >= 15 is 0 Å². The minimum atomic E-state index is -0.932. The molecular weight excluding hydrogens is 332 g/mol. The SMILES string of the molecule is CCCCCCC(O)CCCCCCCCCC(CC(O)CO)C(=O)O. The number of aliphatic carboxylic acids is 1. The van der Waals surface area contributed by atoms with E-state index in [1.54, 1.807) is 0 Å². The van der Waals surface area contributed by atoms with Crippen LogP contribution in [0.15, 0.2) is 0 Å². The van der Waals surface area contributed by atoms with E-state index in [4.69, 9.17) is 10.2 Å². The average molecular weight is 375 g/mol. The van der Waals surface area contributed by atoms with Crippen molar-refractivity contribution in [1.29, 1.82) is 0 Å². The summed E-state index contributed by atoms with van der Waals surface area (Å²) in [4.78, 5) is 11.1. The van der Waals surface area contributed by atoms with Gasteiger partial charge in [-0.1, -0.05) is 77.6 Å². The lowest BCUT2D eigenvalue weighted by Gasteiger charge is -2.15. The molecule has 3 unspecified atom stereocenters. The fourth-order valence-corrected chi connectivity index (χ4v) is 3.35. The number of hydrogen-bond donors (Lipinski definition) is 4. The molecule has 0 amide bonds. The highest BCUT2D eigenvalue weighted by atomic mass is 16.4. The second-order valence-electron chi connectivity index (χ2n) is 7.66.